The van der Waals surface area contributed by atoms with Crippen LogP contribution < -0.4 is 14.8 Å². The highest BCUT2D eigenvalue weighted by molar-refractivity contribution is 9.10. The molecule has 1 saturated carbocycles. The Morgan fingerprint density at radius 2 is 1.62 bits per heavy atom. The van der Waals surface area contributed by atoms with Crippen molar-refractivity contribution in [1.29, 1.82) is 0 Å². The van der Waals surface area contributed by atoms with Gasteiger partial charge in [0.15, 0.2) is 6.61 Å². The van der Waals surface area contributed by atoms with Gasteiger partial charge in [-0.05, 0) is 60.4 Å². The Labute approximate surface area is 227 Å². The first-order valence-corrected chi connectivity index (χ1v) is 13.5. The molecule has 0 aromatic heterocycles. The summed E-state index contributed by atoms with van der Waals surface area (Å²) in [7, 11) is 1.60. The summed E-state index contributed by atoms with van der Waals surface area (Å²) in [5.41, 5.74) is 1.93. The molecule has 0 aliphatic heterocycles. The van der Waals surface area contributed by atoms with E-state index in [1.807, 2.05) is 54.6 Å². The number of methoxy groups -OCH3 is 1. The second-order valence-electron chi connectivity index (χ2n) is 9.31. The van der Waals surface area contributed by atoms with Gasteiger partial charge in [0, 0.05) is 23.5 Å². The summed E-state index contributed by atoms with van der Waals surface area (Å²) in [5.74, 6) is 0.898. The van der Waals surface area contributed by atoms with E-state index in [1.165, 1.54) is 0 Å². The minimum Gasteiger partial charge on any atom is -0.497 e. The molecule has 0 unspecified atom stereocenters. The maximum Gasteiger partial charge on any atom is 0.261 e. The SMILES string of the molecule is COc1ccc(OCC(=O)N(Cc2cccc(Br)c2)[C@H](Cc2ccccc2)C(=O)NC2CCCC2)cc1. The zero-order valence-corrected chi connectivity index (χ0v) is 22.7. The van der Waals surface area contributed by atoms with Crippen LogP contribution in [0, 0.1) is 0 Å². The fourth-order valence-electron chi connectivity index (χ4n) is 4.65. The number of halogens is 1. The molecular weight excluding hydrogens is 532 g/mol. The van der Waals surface area contributed by atoms with Crippen LogP contribution in [-0.4, -0.2) is 42.5 Å². The smallest absolute Gasteiger partial charge is 0.261 e. The van der Waals surface area contributed by atoms with Gasteiger partial charge in [0.1, 0.15) is 17.5 Å². The molecule has 194 valence electrons. The van der Waals surface area contributed by atoms with E-state index in [0.717, 1.165) is 41.3 Å². The molecule has 1 fully saturated rings. The van der Waals surface area contributed by atoms with Gasteiger partial charge in [0.25, 0.3) is 5.91 Å². The first-order chi connectivity index (χ1) is 18.0. The Balaban J connectivity index is 1.59. The van der Waals surface area contributed by atoms with Gasteiger partial charge >= 0.3 is 0 Å². The van der Waals surface area contributed by atoms with Crippen molar-refractivity contribution in [2.45, 2.75) is 50.7 Å². The summed E-state index contributed by atoms with van der Waals surface area (Å²) < 4.78 is 12.0. The number of amides is 2. The second-order valence-corrected chi connectivity index (χ2v) is 10.2. The molecule has 3 aromatic rings. The number of benzene rings is 3. The van der Waals surface area contributed by atoms with E-state index in [2.05, 4.69) is 21.2 Å². The van der Waals surface area contributed by atoms with Crippen LogP contribution in [0.25, 0.3) is 0 Å². The zero-order valence-electron chi connectivity index (χ0n) is 21.1. The lowest BCUT2D eigenvalue weighted by Crippen LogP contribution is -2.53. The van der Waals surface area contributed by atoms with Crippen LogP contribution in [0.4, 0.5) is 0 Å². The molecule has 0 bridgehead atoms. The van der Waals surface area contributed by atoms with Gasteiger partial charge in [-0.15, -0.1) is 0 Å². The Morgan fingerprint density at radius 1 is 0.946 bits per heavy atom. The van der Waals surface area contributed by atoms with Crippen molar-refractivity contribution in [3.8, 4) is 11.5 Å². The van der Waals surface area contributed by atoms with Crippen molar-refractivity contribution in [3.05, 3.63) is 94.5 Å². The number of nitrogens with zero attached hydrogens (tertiary/aromatic N) is 1. The van der Waals surface area contributed by atoms with Crippen molar-refractivity contribution in [3.63, 3.8) is 0 Å². The van der Waals surface area contributed by atoms with E-state index in [1.54, 1.807) is 36.3 Å². The summed E-state index contributed by atoms with van der Waals surface area (Å²) in [4.78, 5) is 29.0. The van der Waals surface area contributed by atoms with Crippen LogP contribution in [0.2, 0.25) is 0 Å². The number of hydrogen-bond donors (Lipinski definition) is 1. The maximum absolute atomic E-state index is 13.7. The molecular formula is C30H33BrN2O4. The van der Waals surface area contributed by atoms with Crippen molar-refractivity contribution in [2.24, 2.45) is 0 Å². The molecule has 4 rings (SSSR count). The summed E-state index contributed by atoms with van der Waals surface area (Å²) in [6.07, 6.45) is 4.60. The largest absolute Gasteiger partial charge is 0.497 e. The summed E-state index contributed by atoms with van der Waals surface area (Å²) in [6.45, 7) is 0.113. The van der Waals surface area contributed by atoms with Crippen molar-refractivity contribution >= 4 is 27.7 Å². The average molecular weight is 566 g/mol. The lowest BCUT2D eigenvalue weighted by atomic mass is 10.0. The highest BCUT2D eigenvalue weighted by Gasteiger charge is 2.32. The summed E-state index contributed by atoms with van der Waals surface area (Å²) in [6, 6.07) is 24.2. The first-order valence-electron chi connectivity index (χ1n) is 12.7. The van der Waals surface area contributed by atoms with E-state index in [-0.39, 0.29) is 24.5 Å². The Morgan fingerprint density at radius 3 is 2.30 bits per heavy atom. The van der Waals surface area contributed by atoms with Gasteiger partial charge in [0.2, 0.25) is 5.91 Å². The third-order valence-corrected chi connectivity index (χ3v) is 7.13. The van der Waals surface area contributed by atoms with Crippen LogP contribution in [0.1, 0.15) is 36.8 Å². The normalized spacial score (nSPS) is 14.1. The second kappa shape index (κ2) is 13.3. The number of hydrogen-bond acceptors (Lipinski definition) is 4. The molecule has 7 heteroatoms. The minimum atomic E-state index is -0.672. The van der Waals surface area contributed by atoms with Crippen LogP contribution >= 0.6 is 15.9 Å². The molecule has 1 atom stereocenters. The van der Waals surface area contributed by atoms with Crippen molar-refractivity contribution < 1.29 is 19.1 Å². The van der Waals surface area contributed by atoms with Crippen molar-refractivity contribution in [1.82, 2.24) is 10.2 Å². The molecule has 1 aliphatic rings. The lowest BCUT2D eigenvalue weighted by molar-refractivity contribution is -0.143. The van der Waals surface area contributed by atoms with E-state index >= 15 is 0 Å². The van der Waals surface area contributed by atoms with Gasteiger partial charge < -0.3 is 19.7 Å². The van der Waals surface area contributed by atoms with E-state index in [9.17, 15) is 9.59 Å². The predicted octanol–water partition coefficient (Wildman–Crippen LogP) is 5.54. The van der Waals surface area contributed by atoms with Gasteiger partial charge in [-0.3, -0.25) is 9.59 Å². The zero-order chi connectivity index (χ0) is 26.0. The van der Waals surface area contributed by atoms with E-state index in [4.69, 9.17) is 9.47 Å². The molecule has 3 aromatic carbocycles. The first kappa shape index (κ1) is 26.7. The van der Waals surface area contributed by atoms with E-state index in [0.29, 0.717) is 24.5 Å². The number of nitrogens with one attached hydrogen (secondary N) is 1. The molecule has 1 N–H and O–H groups in total. The minimum absolute atomic E-state index is 0.122. The van der Waals surface area contributed by atoms with Crippen LogP contribution in [-0.2, 0) is 22.6 Å². The Kier molecular flexibility index (Phi) is 9.60. The molecule has 2 amide bonds. The van der Waals surface area contributed by atoms with E-state index < -0.39 is 6.04 Å². The maximum atomic E-state index is 13.7. The third-order valence-electron chi connectivity index (χ3n) is 6.64. The van der Waals surface area contributed by atoms with Gasteiger partial charge in [-0.2, -0.15) is 0 Å². The fourth-order valence-corrected chi connectivity index (χ4v) is 5.10. The molecule has 1 aliphatic carbocycles. The van der Waals surface area contributed by atoms with Crippen molar-refractivity contribution in [2.75, 3.05) is 13.7 Å². The summed E-state index contributed by atoms with van der Waals surface area (Å²) in [5, 5.41) is 3.22. The highest BCUT2D eigenvalue weighted by atomic mass is 79.9. The van der Waals surface area contributed by atoms with Crippen LogP contribution in [0.5, 0.6) is 11.5 Å². The molecule has 6 nitrogen and oxygen atoms in total. The Hall–Kier alpha value is -3.32. The number of carbonyl (C=O) groups excluding carboxylic acids is 2. The monoisotopic (exact) mass is 564 g/mol. The van der Waals surface area contributed by atoms with Crippen LogP contribution in [0.3, 0.4) is 0 Å². The molecule has 0 radical (unpaired) electrons. The van der Waals surface area contributed by atoms with Gasteiger partial charge in [-0.25, -0.2) is 0 Å². The predicted molar refractivity (Wildman–Crippen MR) is 148 cm³/mol. The third kappa shape index (κ3) is 7.83. The lowest BCUT2D eigenvalue weighted by Gasteiger charge is -2.32. The number of carbonyl (C=O) groups is 2. The Bertz CT molecular complexity index is 1160. The average Bonchev–Trinajstić information content (AvgIpc) is 3.43. The van der Waals surface area contributed by atoms with Gasteiger partial charge in [0.05, 0.1) is 7.11 Å². The quantitative estimate of drug-likeness (QED) is 0.332. The van der Waals surface area contributed by atoms with Gasteiger partial charge in [-0.1, -0.05) is 71.2 Å². The standard InChI is InChI=1S/C30H33BrN2O4/c1-36-26-14-16-27(17-15-26)37-21-29(34)33(20-23-10-7-11-24(31)18-23)28(19-22-8-3-2-4-9-22)30(35)32-25-12-5-6-13-25/h2-4,7-11,14-18,25,28H,5-6,12-13,19-21H2,1H3,(H,32,35)/t28-/m1/s1. The number of rotatable bonds is 11. The summed E-state index contributed by atoms with van der Waals surface area (Å²) >= 11 is 3.52. The molecule has 37 heavy (non-hydrogen) atoms. The molecule has 0 spiro atoms. The molecule has 0 heterocycles. The fraction of sp³-hybridized carbons (Fsp3) is 0.333. The highest BCUT2D eigenvalue weighted by Crippen LogP contribution is 2.22. The topological polar surface area (TPSA) is 67.9 Å². The molecule has 0 saturated heterocycles. The number of ether oxygens (including phenoxy) is 2. The van der Waals surface area contributed by atoms with Crippen LogP contribution in [0.15, 0.2) is 83.3 Å².